The van der Waals surface area contributed by atoms with Crippen LogP contribution in [0.25, 0.3) is 0 Å². The first kappa shape index (κ1) is 15.8. The molecule has 1 aromatic carbocycles. The summed E-state index contributed by atoms with van der Waals surface area (Å²) in [5.74, 6) is 0.582. The molecular weight excluding hydrogens is 329 g/mol. The van der Waals surface area contributed by atoms with E-state index in [1.165, 1.54) is 19.2 Å². The molecule has 0 saturated carbocycles. The third-order valence-electron chi connectivity index (χ3n) is 2.24. The van der Waals surface area contributed by atoms with Crippen LogP contribution in [-0.2, 0) is 0 Å². The van der Waals surface area contributed by atoms with Gasteiger partial charge in [0.1, 0.15) is 6.29 Å². The van der Waals surface area contributed by atoms with E-state index in [9.17, 15) is 18.0 Å². The molecule has 0 aromatic heterocycles. The first-order valence-corrected chi connectivity index (χ1v) is 6.19. The zero-order valence-electron chi connectivity index (χ0n) is 10.1. The third kappa shape index (κ3) is 5.10. The zero-order valence-corrected chi connectivity index (χ0v) is 11.7. The van der Waals surface area contributed by atoms with Gasteiger partial charge in [-0.1, -0.05) is 0 Å². The molecule has 1 rings (SSSR count). The summed E-state index contributed by atoms with van der Waals surface area (Å²) >= 11 is 3.19. The molecule has 106 valence electrons. The van der Waals surface area contributed by atoms with Gasteiger partial charge in [0.2, 0.25) is 0 Å². The van der Waals surface area contributed by atoms with Gasteiger partial charge in [0.15, 0.2) is 11.5 Å². The van der Waals surface area contributed by atoms with Gasteiger partial charge in [-0.15, -0.1) is 0 Å². The van der Waals surface area contributed by atoms with Gasteiger partial charge in [-0.25, -0.2) is 0 Å². The van der Waals surface area contributed by atoms with Crippen molar-refractivity contribution < 1.29 is 27.4 Å². The molecule has 0 aliphatic rings. The second-order valence-electron chi connectivity index (χ2n) is 3.72. The molecule has 0 aliphatic carbocycles. The maximum absolute atomic E-state index is 12.0. The number of ether oxygens (including phenoxy) is 2. The van der Waals surface area contributed by atoms with Crippen LogP contribution in [0.15, 0.2) is 16.6 Å². The summed E-state index contributed by atoms with van der Waals surface area (Å²) in [6, 6.07) is 2.96. The minimum absolute atomic E-state index is 0.0884. The standard InChI is InChI=1S/C12H12BrF3O3/c1-18-10-6-8(7-17)5-9(13)11(10)19-4-2-3-12(14,15)16/h5-7H,2-4H2,1H3. The minimum Gasteiger partial charge on any atom is -0.493 e. The summed E-state index contributed by atoms with van der Waals surface area (Å²) in [7, 11) is 1.39. The molecule has 3 nitrogen and oxygen atoms in total. The number of carbonyl (C=O) groups excluding carboxylic acids is 1. The van der Waals surface area contributed by atoms with E-state index in [2.05, 4.69) is 15.9 Å². The number of rotatable bonds is 6. The first-order chi connectivity index (χ1) is 8.87. The average Bonchev–Trinajstić information content (AvgIpc) is 2.34. The van der Waals surface area contributed by atoms with Crippen molar-refractivity contribution in [2.45, 2.75) is 19.0 Å². The Bertz CT molecular complexity index is 447. The van der Waals surface area contributed by atoms with E-state index < -0.39 is 12.6 Å². The van der Waals surface area contributed by atoms with Crippen molar-refractivity contribution in [3.63, 3.8) is 0 Å². The fourth-order valence-electron chi connectivity index (χ4n) is 1.39. The van der Waals surface area contributed by atoms with E-state index in [0.29, 0.717) is 22.1 Å². The van der Waals surface area contributed by atoms with E-state index in [-0.39, 0.29) is 18.8 Å². The first-order valence-electron chi connectivity index (χ1n) is 5.39. The normalized spacial score (nSPS) is 11.2. The number of carbonyl (C=O) groups is 1. The highest BCUT2D eigenvalue weighted by molar-refractivity contribution is 9.10. The molecule has 0 saturated heterocycles. The molecule has 0 heterocycles. The van der Waals surface area contributed by atoms with Crippen LogP contribution < -0.4 is 9.47 Å². The highest BCUT2D eigenvalue weighted by atomic mass is 79.9. The van der Waals surface area contributed by atoms with E-state index in [1.807, 2.05) is 0 Å². The van der Waals surface area contributed by atoms with Crippen molar-refractivity contribution in [2.75, 3.05) is 13.7 Å². The topological polar surface area (TPSA) is 35.5 Å². The molecule has 0 bridgehead atoms. The second kappa shape index (κ2) is 6.79. The van der Waals surface area contributed by atoms with Gasteiger partial charge in [0.25, 0.3) is 0 Å². The number of hydrogen-bond acceptors (Lipinski definition) is 3. The summed E-state index contributed by atoms with van der Waals surface area (Å²) < 4.78 is 46.7. The van der Waals surface area contributed by atoms with Gasteiger partial charge in [-0.3, -0.25) is 4.79 Å². The predicted molar refractivity (Wildman–Crippen MR) is 66.9 cm³/mol. The van der Waals surface area contributed by atoms with Crippen LogP contribution in [0, 0.1) is 0 Å². The Morgan fingerprint density at radius 1 is 1.37 bits per heavy atom. The maximum Gasteiger partial charge on any atom is 0.389 e. The Hall–Kier alpha value is -1.24. The van der Waals surface area contributed by atoms with Gasteiger partial charge < -0.3 is 9.47 Å². The molecule has 1 aromatic rings. The molecule has 0 fully saturated rings. The van der Waals surface area contributed by atoms with Crippen molar-refractivity contribution in [2.24, 2.45) is 0 Å². The quantitative estimate of drug-likeness (QED) is 0.580. The molecule has 0 amide bonds. The van der Waals surface area contributed by atoms with Crippen molar-refractivity contribution in [3.05, 3.63) is 22.2 Å². The fourth-order valence-corrected chi connectivity index (χ4v) is 1.97. The smallest absolute Gasteiger partial charge is 0.389 e. The van der Waals surface area contributed by atoms with Gasteiger partial charge in [0.05, 0.1) is 18.2 Å². The largest absolute Gasteiger partial charge is 0.493 e. The van der Waals surface area contributed by atoms with E-state index >= 15 is 0 Å². The summed E-state index contributed by atoms with van der Waals surface area (Å²) in [5.41, 5.74) is 0.381. The van der Waals surface area contributed by atoms with Gasteiger partial charge in [-0.05, 0) is 34.5 Å². The number of hydrogen-bond donors (Lipinski definition) is 0. The van der Waals surface area contributed by atoms with E-state index in [4.69, 9.17) is 9.47 Å². The lowest BCUT2D eigenvalue weighted by Gasteiger charge is -2.13. The summed E-state index contributed by atoms with van der Waals surface area (Å²) in [6.07, 6.45) is -4.60. The average molecular weight is 341 g/mol. The zero-order chi connectivity index (χ0) is 14.5. The molecule has 0 radical (unpaired) electrons. The number of alkyl halides is 3. The van der Waals surface area contributed by atoms with Crippen LogP contribution in [0.5, 0.6) is 11.5 Å². The summed E-state index contributed by atoms with van der Waals surface area (Å²) in [6.45, 7) is -0.0884. The molecule has 19 heavy (non-hydrogen) atoms. The predicted octanol–water partition coefficient (Wildman–Crippen LogP) is 3.99. The van der Waals surface area contributed by atoms with E-state index in [0.717, 1.165) is 0 Å². The van der Waals surface area contributed by atoms with E-state index in [1.54, 1.807) is 0 Å². The van der Waals surface area contributed by atoms with Crippen molar-refractivity contribution in [1.29, 1.82) is 0 Å². The molecular formula is C12H12BrF3O3. The Balaban J connectivity index is 2.70. The van der Waals surface area contributed by atoms with Crippen LogP contribution >= 0.6 is 15.9 Å². The monoisotopic (exact) mass is 340 g/mol. The fraction of sp³-hybridized carbons (Fsp3) is 0.417. The number of aldehydes is 1. The van der Waals surface area contributed by atoms with Crippen LogP contribution in [0.3, 0.4) is 0 Å². The SMILES string of the molecule is COc1cc(C=O)cc(Br)c1OCCCC(F)(F)F. The molecule has 0 spiro atoms. The Labute approximate surface area is 116 Å². The molecule has 0 atom stereocenters. The number of methoxy groups -OCH3 is 1. The van der Waals surface area contributed by atoms with Gasteiger partial charge >= 0.3 is 6.18 Å². The number of benzene rings is 1. The van der Waals surface area contributed by atoms with Crippen LogP contribution in [0.1, 0.15) is 23.2 Å². The maximum atomic E-state index is 12.0. The Kier molecular flexibility index (Phi) is 5.65. The van der Waals surface area contributed by atoms with Crippen LogP contribution in [0.4, 0.5) is 13.2 Å². The van der Waals surface area contributed by atoms with Crippen LogP contribution in [0.2, 0.25) is 0 Å². The highest BCUT2D eigenvalue weighted by Gasteiger charge is 2.26. The number of halogens is 4. The van der Waals surface area contributed by atoms with Gasteiger partial charge in [0, 0.05) is 12.0 Å². The third-order valence-corrected chi connectivity index (χ3v) is 2.83. The molecule has 0 aliphatic heterocycles. The van der Waals surface area contributed by atoms with Crippen molar-refractivity contribution in [3.8, 4) is 11.5 Å². The molecule has 0 unspecified atom stereocenters. The lowest BCUT2D eigenvalue weighted by atomic mass is 10.2. The van der Waals surface area contributed by atoms with Crippen molar-refractivity contribution in [1.82, 2.24) is 0 Å². The second-order valence-corrected chi connectivity index (χ2v) is 4.57. The minimum atomic E-state index is -4.19. The Morgan fingerprint density at radius 3 is 2.58 bits per heavy atom. The summed E-state index contributed by atoms with van der Waals surface area (Å²) in [4.78, 5) is 10.7. The highest BCUT2D eigenvalue weighted by Crippen LogP contribution is 2.36. The van der Waals surface area contributed by atoms with Crippen LogP contribution in [-0.4, -0.2) is 26.2 Å². The lowest BCUT2D eigenvalue weighted by Crippen LogP contribution is -2.10. The summed E-state index contributed by atoms with van der Waals surface area (Å²) in [5, 5.41) is 0. The van der Waals surface area contributed by atoms with Gasteiger partial charge in [-0.2, -0.15) is 13.2 Å². The van der Waals surface area contributed by atoms with Crippen molar-refractivity contribution >= 4 is 22.2 Å². The Morgan fingerprint density at radius 2 is 2.05 bits per heavy atom. The molecule has 7 heteroatoms. The lowest BCUT2D eigenvalue weighted by molar-refractivity contribution is -0.136. The molecule has 0 N–H and O–H groups in total.